The van der Waals surface area contributed by atoms with E-state index in [1.807, 2.05) is 49.4 Å². The van der Waals surface area contributed by atoms with Crippen LogP contribution in [0.1, 0.15) is 29.3 Å². The molecule has 0 radical (unpaired) electrons. The molecule has 2 aromatic carbocycles. The molecule has 132 valence electrons. The summed E-state index contributed by atoms with van der Waals surface area (Å²) in [4.78, 5) is 26.5. The number of esters is 1. The third-order valence-corrected chi connectivity index (χ3v) is 4.97. The van der Waals surface area contributed by atoms with Gasteiger partial charge in [-0.25, -0.2) is 4.79 Å². The Bertz CT molecular complexity index is 1000. The Balaban J connectivity index is 1.72. The third-order valence-electron chi connectivity index (χ3n) is 4.97. The largest absolute Gasteiger partial charge is 0.467 e. The van der Waals surface area contributed by atoms with Gasteiger partial charge >= 0.3 is 5.97 Å². The molecule has 0 aliphatic carbocycles. The monoisotopic (exact) mass is 349 g/mol. The number of ether oxygens (including phenoxy) is 1. The van der Waals surface area contributed by atoms with Gasteiger partial charge in [-0.05, 0) is 29.7 Å². The summed E-state index contributed by atoms with van der Waals surface area (Å²) in [5.74, 6) is -0.512. The number of fused-ring (bicyclic) bond motifs is 2. The maximum absolute atomic E-state index is 12.9. The number of furan rings is 1. The highest BCUT2D eigenvalue weighted by Crippen LogP contribution is 2.34. The minimum absolute atomic E-state index is 0.132. The van der Waals surface area contributed by atoms with Gasteiger partial charge in [0.25, 0.3) is 5.91 Å². The van der Waals surface area contributed by atoms with Crippen LogP contribution in [0.15, 0.2) is 53.1 Å². The first-order chi connectivity index (χ1) is 12.6. The van der Waals surface area contributed by atoms with E-state index in [0.29, 0.717) is 18.5 Å². The molecule has 0 saturated heterocycles. The average Bonchev–Trinajstić information content (AvgIpc) is 3.24. The second kappa shape index (κ2) is 6.33. The zero-order valence-corrected chi connectivity index (χ0v) is 14.7. The van der Waals surface area contributed by atoms with Crippen LogP contribution in [0.25, 0.3) is 22.1 Å². The van der Waals surface area contributed by atoms with Gasteiger partial charge in [0.15, 0.2) is 0 Å². The summed E-state index contributed by atoms with van der Waals surface area (Å²) in [5.41, 5.74) is 4.25. The van der Waals surface area contributed by atoms with Gasteiger partial charge in [0, 0.05) is 23.1 Å². The molecule has 4 rings (SSSR count). The number of carbonyl (C=O) groups excluding carboxylic acids is 2. The molecule has 0 N–H and O–H groups in total. The lowest BCUT2D eigenvalue weighted by Gasteiger charge is -2.24. The number of benzene rings is 2. The van der Waals surface area contributed by atoms with Crippen molar-refractivity contribution in [2.75, 3.05) is 7.11 Å². The molecular formula is C21H19NO4. The van der Waals surface area contributed by atoms with Crippen LogP contribution in [0.5, 0.6) is 0 Å². The number of para-hydroxylation sites is 1. The predicted molar refractivity (Wildman–Crippen MR) is 97.6 cm³/mol. The Morgan fingerprint density at radius 3 is 2.81 bits per heavy atom. The van der Waals surface area contributed by atoms with Crippen molar-refractivity contribution in [2.24, 2.45) is 0 Å². The Morgan fingerprint density at radius 2 is 2.04 bits per heavy atom. The Hall–Kier alpha value is -3.08. The summed E-state index contributed by atoms with van der Waals surface area (Å²) in [5, 5.41) is 1.01. The second-order valence-corrected chi connectivity index (χ2v) is 6.40. The van der Waals surface area contributed by atoms with Gasteiger partial charge in [0.2, 0.25) is 0 Å². The van der Waals surface area contributed by atoms with Crippen molar-refractivity contribution in [3.63, 3.8) is 0 Å². The number of amides is 1. The lowest BCUT2D eigenvalue weighted by atomic mass is 10.00. The molecule has 5 nitrogen and oxygen atoms in total. The summed E-state index contributed by atoms with van der Waals surface area (Å²) in [6.07, 6.45) is 2.23. The van der Waals surface area contributed by atoms with E-state index in [0.717, 1.165) is 27.7 Å². The molecular weight excluding hydrogens is 330 g/mol. The van der Waals surface area contributed by atoms with Gasteiger partial charge in [-0.1, -0.05) is 37.3 Å². The minimum atomic E-state index is -0.557. The third kappa shape index (κ3) is 2.47. The Morgan fingerprint density at radius 1 is 1.23 bits per heavy atom. The highest BCUT2D eigenvalue weighted by atomic mass is 16.5. The van der Waals surface area contributed by atoms with Crippen molar-refractivity contribution in [3.05, 3.63) is 59.9 Å². The minimum Gasteiger partial charge on any atom is -0.467 e. The first-order valence-corrected chi connectivity index (χ1v) is 8.62. The van der Waals surface area contributed by atoms with Crippen LogP contribution in [0.3, 0.4) is 0 Å². The van der Waals surface area contributed by atoms with E-state index in [9.17, 15) is 9.59 Å². The van der Waals surface area contributed by atoms with Crippen molar-refractivity contribution < 1.29 is 18.7 Å². The summed E-state index contributed by atoms with van der Waals surface area (Å²) >= 11 is 0. The first kappa shape index (κ1) is 16.4. The van der Waals surface area contributed by atoms with E-state index in [4.69, 9.17) is 9.15 Å². The number of nitrogens with zero attached hydrogens (tertiary/aromatic N) is 1. The van der Waals surface area contributed by atoms with Gasteiger partial charge < -0.3 is 14.1 Å². The molecule has 0 bridgehead atoms. The van der Waals surface area contributed by atoms with Gasteiger partial charge in [-0.3, -0.25) is 4.79 Å². The SMILES string of the molecule is CCC(C(=O)OC)N1Cc2ccc(-c3coc4ccccc34)cc2C1=O. The van der Waals surface area contributed by atoms with Crippen LogP contribution in [-0.4, -0.2) is 29.9 Å². The molecule has 0 saturated carbocycles. The van der Waals surface area contributed by atoms with Crippen molar-refractivity contribution in [1.29, 1.82) is 0 Å². The second-order valence-electron chi connectivity index (χ2n) is 6.40. The quantitative estimate of drug-likeness (QED) is 0.668. The maximum Gasteiger partial charge on any atom is 0.328 e. The molecule has 2 heterocycles. The smallest absolute Gasteiger partial charge is 0.328 e. The van der Waals surface area contributed by atoms with Crippen LogP contribution < -0.4 is 0 Å². The van der Waals surface area contributed by atoms with Crippen LogP contribution in [-0.2, 0) is 16.1 Å². The lowest BCUT2D eigenvalue weighted by Crippen LogP contribution is -2.41. The van der Waals surface area contributed by atoms with E-state index >= 15 is 0 Å². The van der Waals surface area contributed by atoms with Crippen molar-refractivity contribution in [1.82, 2.24) is 4.90 Å². The fraction of sp³-hybridized carbons (Fsp3) is 0.238. The van der Waals surface area contributed by atoms with Crippen LogP contribution in [0, 0.1) is 0 Å². The van der Waals surface area contributed by atoms with Gasteiger partial charge in [0.05, 0.1) is 13.4 Å². The Labute approximate surface area is 151 Å². The number of methoxy groups -OCH3 is 1. The fourth-order valence-corrected chi connectivity index (χ4v) is 3.59. The molecule has 1 aliphatic rings. The van der Waals surface area contributed by atoms with Gasteiger partial charge in [-0.15, -0.1) is 0 Å². The highest BCUT2D eigenvalue weighted by molar-refractivity contribution is 6.03. The number of carbonyl (C=O) groups is 2. The first-order valence-electron chi connectivity index (χ1n) is 8.62. The number of hydrogen-bond donors (Lipinski definition) is 0. The fourth-order valence-electron chi connectivity index (χ4n) is 3.59. The van der Waals surface area contributed by atoms with E-state index < -0.39 is 6.04 Å². The molecule has 3 aromatic rings. The van der Waals surface area contributed by atoms with Crippen LogP contribution in [0.2, 0.25) is 0 Å². The highest BCUT2D eigenvalue weighted by Gasteiger charge is 2.36. The lowest BCUT2D eigenvalue weighted by molar-refractivity contribution is -0.146. The zero-order chi connectivity index (χ0) is 18.3. The van der Waals surface area contributed by atoms with E-state index in [1.54, 1.807) is 11.2 Å². The molecule has 26 heavy (non-hydrogen) atoms. The molecule has 0 fully saturated rings. The summed E-state index contributed by atoms with van der Waals surface area (Å²) in [6.45, 7) is 2.30. The van der Waals surface area contributed by atoms with E-state index in [1.165, 1.54) is 7.11 Å². The van der Waals surface area contributed by atoms with Crippen LogP contribution >= 0.6 is 0 Å². The van der Waals surface area contributed by atoms with E-state index in [-0.39, 0.29) is 11.9 Å². The van der Waals surface area contributed by atoms with Gasteiger partial charge in [-0.2, -0.15) is 0 Å². The summed E-state index contributed by atoms with van der Waals surface area (Å²) in [6, 6.07) is 13.1. The predicted octanol–water partition coefficient (Wildman–Crippen LogP) is 4.01. The van der Waals surface area contributed by atoms with Gasteiger partial charge in [0.1, 0.15) is 11.6 Å². The molecule has 1 unspecified atom stereocenters. The van der Waals surface area contributed by atoms with Crippen molar-refractivity contribution in [3.8, 4) is 11.1 Å². The average molecular weight is 349 g/mol. The normalized spacial score (nSPS) is 14.5. The van der Waals surface area contributed by atoms with Crippen molar-refractivity contribution >= 4 is 22.8 Å². The van der Waals surface area contributed by atoms with E-state index in [2.05, 4.69) is 0 Å². The van der Waals surface area contributed by atoms with Crippen LogP contribution in [0.4, 0.5) is 0 Å². The molecule has 1 amide bonds. The standard InChI is InChI=1S/C21H19NO4/c1-3-18(21(24)25-2)22-11-14-9-8-13(10-16(14)20(22)23)17-12-26-19-7-5-4-6-15(17)19/h4-10,12,18H,3,11H2,1-2H3. The summed E-state index contributed by atoms with van der Waals surface area (Å²) < 4.78 is 10.5. The molecule has 1 aromatic heterocycles. The molecule has 0 spiro atoms. The number of rotatable bonds is 4. The maximum atomic E-state index is 12.9. The topological polar surface area (TPSA) is 59.8 Å². The molecule has 5 heteroatoms. The molecule has 1 atom stereocenters. The molecule has 1 aliphatic heterocycles. The number of hydrogen-bond acceptors (Lipinski definition) is 4. The zero-order valence-electron chi connectivity index (χ0n) is 14.7. The van der Waals surface area contributed by atoms with Crippen molar-refractivity contribution in [2.45, 2.75) is 25.9 Å². The Kier molecular flexibility index (Phi) is 3.99. The summed E-state index contributed by atoms with van der Waals surface area (Å²) in [7, 11) is 1.35.